The molecule has 0 aliphatic heterocycles. The van der Waals surface area contributed by atoms with Gasteiger partial charge in [0, 0.05) is 18.0 Å². The van der Waals surface area contributed by atoms with Crippen LogP contribution in [0, 0.1) is 17.8 Å². The standard InChI is InChI=1S/C14H26N2O/c1-9-6-7-13(10(9)2)16-14(17)11-4-3-5-12(15)8-11/h9-13H,3-8,15H2,1-2H3,(H,16,17). The van der Waals surface area contributed by atoms with Crippen molar-refractivity contribution >= 4 is 5.91 Å². The third kappa shape index (κ3) is 3.01. The third-order valence-corrected chi connectivity index (χ3v) is 4.88. The van der Waals surface area contributed by atoms with Crippen LogP contribution in [-0.2, 0) is 4.79 Å². The van der Waals surface area contributed by atoms with E-state index in [4.69, 9.17) is 5.73 Å². The summed E-state index contributed by atoms with van der Waals surface area (Å²) in [5.41, 5.74) is 5.94. The maximum atomic E-state index is 12.2. The van der Waals surface area contributed by atoms with Crippen molar-refractivity contribution in [2.45, 2.75) is 64.5 Å². The molecule has 2 rings (SSSR count). The number of nitrogens with one attached hydrogen (secondary N) is 1. The van der Waals surface area contributed by atoms with Crippen LogP contribution in [0.2, 0.25) is 0 Å². The Hall–Kier alpha value is -0.570. The van der Waals surface area contributed by atoms with Crippen LogP contribution in [0.15, 0.2) is 0 Å². The molecule has 2 saturated carbocycles. The number of rotatable bonds is 2. The number of carbonyl (C=O) groups excluding carboxylic acids is 1. The van der Waals surface area contributed by atoms with Gasteiger partial charge in [0.1, 0.15) is 0 Å². The lowest BCUT2D eigenvalue weighted by Gasteiger charge is -2.28. The van der Waals surface area contributed by atoms with Gasteiger partial charge in [-0.1, -0.05) is 20.3 Å². The fraction of sp³-hybridized carbons (Fsp3) is 0.929. The van der Waals surface area contributed by atoms with Gasteiger partial charge in [-0.05, 0) is 43.9 Å². The summed E-state index contributed by atoms with van der Waals surface area (Å²) in [7, 11) is 0. The van der Waals surface area contributed by atoms with E-state index in [1.54, 1.807) is 0 Å². The lowest BCUT2D eigenvalue weighted by molar-refractivity contribution is -0.127. The van der Waals surface area contributed by atoms with Crippen LogP contribution >= 0.6 is 0 Å². The topological polar surface area (TPSA) is 55.1 Å². The molecular formula is C14H26N2O. The summed E-state index contributed by atoms with van der Waals surface area (Å²) >= 11 is 0. The Morgan fingerprint density at radius 1 is 1.18 bits per heavy atom. The van der Waals surface area contributed by atoms with Gasteiger partial charge in [0.15, 0.2) is 0 Å². The molecule has 0 spiro atoms. The molecule has 0 saturated heterocycles. The Balaban J connectivity index is 1.84. The predicted octanol–water partition coefficient (Wildman–Crippen LogP) is 2.05. The molecule has 5 unspecified atom stereocenters. The molecule has 0 aromatic rings. The summed E-state index contributed by atoms with van der Waals surface area (Å²) in [6, 6.07) is 0.634. The highest BCUT2D eigenvalue weighted by Gasteiger charge is 2.33. The highest BCUT2D eigenvalue weighted by molar-refractivity contribution is 5.79. The molecule has 2 fully saturated rings. The predicted molar refractivity (Wildman–Crippen MR) is 69.4 cm³/mol. The van der Waals surface area contributed by atoms with E-state index < -0.39 is 0 Å². The zero-order valence-corrected chi connectivity index (χ0v) is 11.1. The van der Waals surface area contributed by atoms with Gasteiger partial charge >= 0.3 is 0 Å². The van der Waals surface area contributed by atoms with Gasteiger partial charge in [0.2, 0.25) is 5.91 Å². The van der Waals surface area contributed by atoms with E-state index in [1.807, 2.05) is 0 Å². The van der Waals surface area contributed by atoms with E-state index in [-0.39, 0.29) is 17.9 Å². The first kappa shape index (κ1) is 12.9. The molecule has 3 nitrogen and oxygen atoms in total. The molecule has 0 heterocycles. The smallest absolute Gasteiger partial charge is 0.223 e. The van der Waals surface area contributed by atoms with Crippen LogP contribution in [0.1, 0.15) is 52.4 Å². The van der Waals surface area contributed by atoms with Gasteiger partial charge in [0.25, 0.3) is 0 Å². The van der Waals surface area contributed by atoms with Crippen LogP contribution < -0.4 is 11.1 Å². The number of hydrogen-bond acceptors (Lipinski definition) is 2. The van der Waals surface area contributed by atoms with Gasteiger partial charge < -0.3 is 11.1 Å². The molecule has 0 aromatic carbocycles. The minimum absolute atomic E-state index is 0.168. The van der Waals surface area contributed by atoms with Crippen molar-refractivity contribution in [2.24, 2.45) is 23.5 Å². The number of carbonyl (C=O) groups is 1. The molecule has 17 heavy (non-hydrogen) atoms. The van der Waals surface area contributed by atoms with Gasteiger partial charge in [-0.2, -0.15) is 0 Å². The second-order valence-corrected chi connectivity index (χ2v) is 6.15. The molecule has 2 aliphatic rings. The molecular weight excluding hydrogens is 212 g/mol. The fourth-order valence-electron chi connectivity index (χ4n) is 3.33. The molecule has 1 amide bonds. The van der Waals surface area contributed by atoms with Crippen molar-refractivity contribution in [3.63, 3.8) is 0 Å². The van der Waals surface area contributed by atoms with Crippen LogP contribution in [-0.4, -0.2) is 18.0 Å². The lowest BCUT2D eigenvalue weighted by Crippen LogP contribution is -2.43. The molecule has 2 aliphatic carbocycles. The monoisotopic (exact) mass is 238 g/mol. The molecule has 3 N–H and O–H groups in total. The van der Waals surface area contributed by atoms with Crippen molar-refractivity contribution in [1.82, 2.24) is 5.32 Å². The van der Waals surface area contributed by atoms with Gasteiger partial charge in [0.05, 0.1) is 0 Å². The normalized spacial score (nSPS) is 42.4. The molecule has 0 aromatic heterocycles. The highest BCUT2D eigenvalue weighted by Crippen LogP contribution is 2.32. The van der Waals surface area contributed by atoms with E-state index >= 15 is 0 Å². The SMILES string of the molecule is CC1CCC(NC(=O)C2CCCC(N)C2)C1C. The second kappa shape index (κ2) is 5.38. The average Bonchev–Trinajstić information content (AvgIpc) is 2.61. The molecule has 0 bridgehead atoms. The summed E-state index contributed by atoms with van der Waals surface area (Å²) in [5.74, 6) is 1.79. The first-order chi connectivity index (χ1) is 8.08. The number of nitrogens with two attached hydrogens (primary N) is 1. The molecule has 0 radical (unpaired) electrons. The van der Waals surface area contributed by atoms with Crippen LogP contribution in [0.5, 0.6) is 0 Å². The van der Waals surface area contributed by atoms with E-state index in [9.17, 15) is 4.79 Å². The summed E-state index contributed by atoms with van der Waals surface area (Å²) in [6.07, 6.45) is 6.48. The minimum atomic E-state index is 0.168. The Bertz CT molecular complexity index is 279. The minimum Gasteiger partial charge on any atom is -0.353 e. The molecule has 5 atom stereocenters. The highest BCUT2D eigenvalue weighted by atomic mass is 16.1. The first-order valence-corrected chi connectivity index (χ1v) is 7.14. The van der Waals surface area contributed by atoms with Crippen molar-refractivity contribution in [3.8, 4) is 0 Å². The van der Waals surface area contributed by atoms with E-state index in [1.165, 1.54) is 6.42 Å². The lowest BCUT2D eigenvalue weighted by atomic mass is 9.85. The first-order valence-electron chi connectivity index (χ1n) is 7.14. The number of hydrogen-bond donors (Lipinski definition) is 2. The Labute approximate surface area is 105 Å². The van der Waals surface area contributed by atoms with Crippen molar-refractivity contribution < 1.29 is 4.79 Å². The second-order valence-electron chi connectivity index (χ2n) is 6.15. The number of amides is 1. The maximum absolute atomic E-state index is 12.2. The summed E-state index contributed by atoms with van der Waals surface area (Å²) in [4.78, 5) is 12.2. The molecule has 3 heteroatoms. The largest absolute Gasteiger partial charge is 0.353 e. The fourth-order valence-corrected chi connectivity index (χ4v) is 3.33. The van der Waals surface area contributed by atoms with E-state index in [0.717, 1.165) is 38.0 Å². The van der Waals surface area contributed by atoms with Crippen LogP contribution in [0.4, 0.5) is 0 Å². The summed E-state index contributed by atoms with van der Waals surface area (Å²) in [6.45, 7) is 4.54. The van der Waals surface area contributed by atoms with Gasteiger partial charge in [-0.3, -0.25) is 4.79 Å². The third-order valence-electron chi connectivity index (χ3n) is 4.88. The van der Waals surface area contributed by atoms with Crippen LogP contribution in [0.25, 0.3) is 0 Å². The average molecular weight is 238 g/mol. The van der Waals surface area contributed by atoms with Crippen LogP contribution in [0.3, 0.4) is 0 Å². The Morgan fingerprint density at radius 2 is 1.94 bits per heavy atom. The van der Waals surface area contributed by atoms with E-state index in [0.29, 0.717) is 12.0 Å². The Kier molecular flexibility index (Phi) is 4.08. The maximum Gasteiger partial charge on any atom is 0.223 e. The zero-order valence-electron chi connectivity index (χ0n) is 11.1. The summed E-state index contributed by atoms with van der Waals surface area (Å²) < 4.78 is 0. The quantitative estimate of drug-likeness (QED) is 0.773. The van der Waals surface area contributed by atoms with Crippen molar-refractivity contribution in [1.29, 1.82) is 0 Å². The van der Waals surface area contributed by atoms with Gasteiger partial charge in [-0.25, -0.2) is 0 Å². The van der Waals surface area contributed by atoms with Gasteiger partial charge in [-0.15, -0.1) is 0 Å². The summed E-state index contributed by atoms with van der Waals surface area (Å²) in [5, 5.41) is 3.25. The Morgan fingerprint density at radius 3 is 2.53 bits per heavy atom. The zero-order chi connectivity index (χ0) is 12.4. The van der Waals surface area contributed by atoms with E-state index in [2.05, 4.69) is 19.2 Å². The van der Waals surface area contributed by atoms with Crippen molar-refractivity contribution in [3.05, 3.63) is 0 Å². The molecule has 98 valence electrons. The van der Waals surface area contributed by atoms with Crippen molar-refractivity contribution in [2.75, 3.05) is 0 Å².